The number of nitrogens with one attached hydrogen (secondary N) is 1. The van der Waals surface area contributed by atoms with Crippen molar-refractivity contribution in [3.8, 4) is 0 Å². The Kier molecular flexibility index (Phi) is 5.01. The first-order valence-corrected chi connectivity index (χ1v) is 6.05. The molecule has 0 aliphatic carbocycles. The van der Waals surface area contributed by atoms with E-state index in [-0.39, 0.29) is 11.9 Å². The maximum atomic E-state index is 11.3. The van der Waals surface area contributed by atoms with Gasteiger partial charge < -0.3 is 15.0 Å². The average molecular weight is 250 g/mol. The van der Waals surface area contributed by atoms with Crippen LogP contribution in [-0.4, -0.2) is 33.7 Å². The summed E-state index contributed by atoms with van der Waals surface area (Å²) < 4.78 is 4.69. The van der Waals surface area contributed by atoms with Gasteiger partial charge >= 0.3 is 5.97 Å². The van der Waals surface area contributed by atoms with E-state index >= 15 is 0 Å². The Hall–Kier alpha value is -1.71. The van der Waals surface area contributed by atoms with Crippen molar-refractivity contribution >= 4 is 17.3 Å². The predicted molar refractivity (Wildman–Crippen MR) is 75.2 cm³/mol. The van der Waals surface area contributed by atoms with Crippen molar-refractivity contribution < 1.29 is 9.53 Å². The molecule has 18 heavy (non-hydrogen) atoms. The number of ether oxygens (including phenoxy) is 1. The lowest BCUT2D eigenvalue weighted by Gasteiger charge is -2.18. The zero-order valence-electron chi connectivity index (χ0n) is 11.8. The third kappa shape index (κ3) is 3.65. The molecule has 0 amide bonds. The van der Waals surface area contributed by atoms with E-state index in [9.17, 15) is 4.79 Å². The summed E-state index contributed by atoms with van der Waals surface area (Å²) in [4.78, 5) is 13.4. The summed E-state index contributed by atoms with van der Waals surface area (Å²) in [6.07, 6.45) is 0. The SMILES string of the molecule is COC(=O)C(C)CNc1ccc(C)c(N(C)C)c1. The summed E-state index contributed by atoms with van der Waals surface area (Å²) in [6.45, 7) is 4.50. The van der Waals surface area contributed by atoms with Crippen LogP contribution >= 0.6 is 0 Å². The van der Waals surface area contributed by atoms with Crippen molar-refractivity contribution in [2.75, 3.05) is 38.0 Å². The Morgan fingerprint density at radius 1 is 1.44 bits per heavy atom. The molecule has 0 bridgehead atoms. The molecule has 1 aromatic rings. The molecule has 0 aromatic heterocycles. The number of benzene rings is 1. The minimum atomic E-state index is -0.192. The molecule has 100 valence electrons. The molecule has 1 N–H and O–H groups in total. The standard InChI is InChI=1S/C14H22N2O2/c1-10-6-7-12(8-13(10)16(3)4)15-9-11(2)14(17)18-5/h6-8,11,15H,9H2,1-5H3. The van der Waals surface area contributed by atoms with Gasteiger partial charge in [-0.15, -0.1) is 0 Å². The van der Waals surface area contributed by atoms with Crippen LogP contribution in [0.4, 0.5) is 11.4 Å². The van der Waals surface area contributed by atoms with Gasteiger partial charge in [-0.25, -0.2) is 0 Å². The van der Waals surface area contributed by atoms with Gasteiger partial charge in [0, 0.05) is 32.0 Å². The van der Waals surface area contributed by atoms with Crippen molar-refractivity contribution in [1.82, 2.24) is 0 Å². The Balaban J connectivity index is 2.68. The number of anilines is 2. The topological polar surface area (TPSA) is 41.6 Å². The fourth-order valence-corrected chi connectivity index (χ4v) is 1.76. The van der Waals surface area contributed by atoms with Gasteiger partial charge in [-0.05, 0) is 24.6 Å². The quantitative estimate of drug-likeness (QED) is 0.814. The van der Waals surface area contributed by atoms with Crippen LogP contribution in [0.3, 0.4) is 0 Å². The number of hydrogen-bond acceptors (Lipinski definition) is 4. The highest BCUT2D eigenvalue weighted by molar-refractivity contribution is 5.72. The second-order valence-electron chi connectivity index (χ2n) is 4.70. The first kappa shape index (κ1) is 14.4. The Labute approximate surface area is 109 Å². The van der Waals surface area contributed by atoms with Crippen molar-refractivity contribution in [3.05, 3.63) is 23.8 Å². The van der Waals surface area contributed by atoms with Crippen molar-refractivity contribution in [2.24, 2.45) is 5.92 Å². The third-order valence-electron chi connectivity index (χ3n) is 2.91. The van der Waals surface area contributed by atoms with Gasteiger partial charge in [-0.3, -0.25) is 4.79 Å². The molecule has 1 unspecified atom stereocenters. The number of methoxy groups -OCH3 is 1. The summed E-state index contributed by atoms with van der Waals surface area (Å²) >= 11 is 0. The predicted octanol–water partition coefficient (Wildman–Crippen LogP) is 2.28. The largest absolute Gasteiger partial charge is 0.469 e. The highest BCUT2D eigenvalue weighted by atomic mass is 16.5. The van der Waals surface area contributed by atoms with E-state index in [1.165, 1.54) is 18.4 Å². The Bertz CT molecular complexity index is 416. The fourth-order valence-electron chi connectivity index (χ4n) is 1.76. The maximum absolute atomic E-state index is 11.3. The molecular weight excluding hydrogens is 228 g/mol. The first-order chi connectivity index (χ1) is 8.45. The zero-order chi connectivity index (χ0) is 13.7. The zero-order valence-corrected chi connectivity index (χ0v) is 11.8. The highest BCUT2D eigenvalue weighted by Gasteiger charge is 2.12. The molecule has 0 fully saturated rings. The highest BCUT2D eigenvalue weighted by Crippen LogP contribution is 2.22. The first-order valence-electron chi connectivity index (χ1n) is 6.05. The summed E-state index contributed by atoms with van der Waals surface area (Å²) in [6, 6.07) is 6.17. The lowest BCUT2D eigenvalue weighted by atomic mass is 10.1. The molecule has 1 aromatic carbocycles. The van der Waals surface area contributed by atoms with E-state index in [0.717, 1.165) is 5.69 Å². The van der Waals surface area contributed by atoms with Crippen LogP contribution in [-0.2, 0) is 9.53 Å². The second kappa shape index (κ2) is 6.28. The van der Waals surface area contributed by atoms with E-state index in [2.05, 4.69) is 29.3 Å². The third-order valence-corrected chi connectivity index (χ3v) is 2.91. The van der Waals surface area contributed by atoms with E-state index in [1.54, 1.807) is 0 Å². The Morgan fingerprint density at radius 3 is 2.67 bits per heavy atom. The number of esters is 1. The molecule has 0 radical (unpaired) electrons. The van der Waals surface area contributed by atoms with Gasteiger partial charge in [0.15, 0.2) is 0 Å². The second-order valence-corrected chi connectivity index (χ2v) is 4.70. The van der Waals surface area contributed by atoms with Crippen LogP contribution in [0.15, 0.2) is 18.2 Å². The van der Waals surface area contributed by atoms with Crippen LogP contribution in [0, 0.1) is 12.8 Å². The van der Waals surface area contributed by atoms with Crippen LogP contribution in [0.5, 0.6) is 0 Å². The maximum Gasteiger partial charge on any atom is 0.310 e. The minimum Gasteiger partial charge on any atom is -0.469 e. The van der Waals surface area contributed by atoms with Gasteiger partial charge in [-0.1, -0.05) is 13.0 Å². The van der Waals surface area contributed by atoms with Gasteiger partial charge in [0.1, 0.15) is 0 Å². The van der Waals surface area contributed by atoms with Crippen LogP contribution < -0.4 is 10.2 Å². The molecule has 0 aliphatic heterocycles. The number of carbonyl (C=O) groups excluding carboxylic acids is 1. The van der Waals surface area contributed by atoms with E-state index in [0.29, 0.717) is 6.54 Å². The van der Waals surface area contributed by atoms with Gasteiger partial charge in [0.2, 0.25) is 0 Å². The van der Waals surface area contributed by atoms with Crippen molar-refractivity contribution in [2.45, 2.75) is 13.8 Å². The molecule has 0 aliphatic rings. The molecule has 4 heteroatoms. The monoisotopic (exact) mass is 250 g/mol. The van der Waals surface area contributed by atoms with Crippen molar-refractivity contribution in [3.63, 3.8) is 0 Å². The number of rotatable bonds is 5. The molecule has 0 spiro atoms. The van der Waals surface area contributed by atoms with Gasteiger partial charge in [0.05, 0.1) is 13.0 Å². The fraction of sp³-hybridized carbons (Fsp3) is 0.500. The normalized spacial score (nSPS) is 11.8. The van der Waals surface area contributed by atoms with Crippen LogP contribution in [0.25, 0.3) is 0 Å². The summed E-state index contributed by atoms with van der Waals surface area (Å²) in [5.41, 5.74) is 3.41. The summed E-state index contributed by atoms with van der Waals surface area (Å²) in [5, 5.41) is 3.25. The van der Waals surface area contributed by atoms with Crippen molar-refractivity contribution in [1.29, 1.82) is 0 Å². The smallest absolute Gasteiger partial charge is 0.310 e. The Morgan fingerprint density at radius 2 is 2.11 bits per heavy atom. The van der Waals surface area contributed by atoms with E-state index in [1.807, 2.05) is 27.1 Å². The number of nitrogens with zero attached hydrogens (tertiary/aromatic N) is 1. The lowest BCUT2D eigenvalue weighted by Crippen LogP contribution is -2.21. The molecule has 0 saturated carbocycles. The molecule has 4 nitrogen and oxygen atoms in total. The average Bonchev–Trinajstić information content (AvgIpc) is 2.36. The van der Waals surface area contributed by atoms with E-state index < -0.39 is 0 Å². The van der Waals surface area contributed by atoms with E-state index in [4.69, 9.17) is 4.74 Å². The van der Waals surface area contributed by atoms with Crippen LogP contribution in [0.1, 0.15) is 12.5 Å². The lowest BCUT2D eigenvalue weighted by molar-refractivity contribution is -0.144. The molecule has 1 atom stereocenters. The van der Waals surface area contributed by atoms with Gasteiger partial charge in [-0.2, -0.15) is 0 Å². The molecule has 1 rings (SSSR count). The number of carbonyl (C=O) groups is 1. The summed E-state index contributed by atoms with van der Waals surface area (Å²) in [5.74, 6) is -0.346. The molecular formula is C14H22N2O2. The molecule has 0 heterocycles. The summed E-state index contributed by atoms with van der Waals surface area (Å²) in [7, 11) is 5.45. The molecule has 0 saturated heterocycles. The van der Waals surface area contributed by atoms with Gasteiger partial charge in [0.25, 0.3) is 0 Å². The number of hydrogen-bond donors (Lipinski definition) is 1. The van der Waals surface area contributed by atoms with Crippen LogP contribution in [0.2, 0.25) is 0 Å². The minimum absolute atomic E-state index is 0.154. The number of aryl methyl sites for hydroxylation is 1.